The molecule has 0 N–H and O–H groups in total. The van der Waals surface area contributed by atoms with Crippen molar-refractivity contribution in [1.29, 1.82) is 0 Å². The summed E-state index contributed by atoms with van der Waals surface area (Å²) >= 11 is 0. The summed E-state index contributed by atoms with van der Waals surface area (Å²) in [6.07, 6.45) is 20.8. The monoisotopic (exact) mass is 920 g/mol. The van der Waals surface area contributed by atoms with E-state index >= 15 is 0 Å². The summed E-state index contributed by atoms with van der Waals surface area (Å²) < 4.78 is 0. The standard InChI is InChI=1S/C15H9.C15H13.C8H20N2.2Au/c1-2-11-7-8-15-13(9-11)10-12-5-3-4-6-14(12)15;1-4-11(2)9-14-10-13-7-5-6-8-15(13)12(14)3;1-9(2)7-5-6-8-10(3)4;;/h3-9H,10H2;5-9H,10H2,2-3H3;5-8H2,1-4H3;;/q2*-1;;;/b;11-9+;;;. The third kappa shape index (κ3) is 11.1. The first-order valence-electron chi connectivity index (χ1n) is 14.1. The zero-order chi connectivity index (χ0) is 29.1. The average Bonchev–Trinajstić information content (AvgIpc) is 3.48. The van der Waals surface area contributed by atoms with Gasteiger partial charge in [-0.15, -0.1) is 23.8 Å². The van der Waals surface area contributed by atoms with Crippen LogP contribution in [0.2, 0.25) is 0 Å². The van der Waals surface area contributed by atoms with Crippen molar-refractivity contribution in [2.24, 2.45) is 0 Å². The minimum Gasteiger partial charge on any atom is -0.366 e. The Morgan fingerprint density at radius 1 is 0.738 bits per heavy atom. The molecule has 0 aliphatic heterocycles. The summed E-state index contributed by atoms with van der Waals surface area (Å²) in [6.45, 7) is 6.49. The number of unbranched alkanes of at least 4 members (excludes halogenated alkanes) is 1. The molecule has 0 amide bonds. The molecule has 2 nitrogen and oxygen atoms in total. The van der Waals surface area contributed by atoms with Gasteiger partial charge in [-0.25, -0.2) is 0 Å². The van der Waals surface area contributed by atoms with Crippen LogP contribution in [0, 0.1) is 24.7 Å². The van der Waals surface area contributed by atoms with Crippen molar-refractivity contribution in [2.75, 3.05) is 41.3 Å². The molecule has 5 rings (SSSR count). The average molecular weight is 921 g/mol. The first-order valence-corrected chi connectivity index (χ1v) is 14.1. The Hall–Kier alpha value is -2.34. The topological polar surface area (TPSA) is 6.48 Å². The van der Waals surface area contributed by atoms with Crippen molar-refractivity contribution in [3.63, 3.8) is 0 Å². The van der Waals surface area contributed by atoms with Crippen LogP contribution in [0.3, 0.4) is 0 Å². The van der Waals surface area contributed by atoms with Crippen molar-refractivity contribution in [3.8, 4) is 23.0 Å². The van der Waals surface area contributed by atoms with Gasteiger partial charge >= 0.3 is 0 Å². The molecule has 2 radical (unpaired) electrons. The van der Waals surface area contributed by atoms with Crippen LogP contribution in [0.15, 0.2) is 84.0 Å². The number of allylic oxidation sites excluding steroid dienone is 4. The van der Waals surface area contributed by atoms with Gasteiger partial charge in [0.1, 0.15) is 0 Å². The second-order valence-electron chi connectivity index (χ2n) is 11.1. The summed E-state index contributed by atoms with van der Waals surface area (Å²) in [5.74, 6) is 4.85. The Morgan fingerprint density at radius 3 is 1.79 bits per heavy atom. The van der Waals surface area contributed by atoms with Crippen molar-refractivity contribution in [3.05, 3.63) is 125 Å². The van der Waals surface area contributed by atoms with Gasteiger partial charge in [-0.3, -0.25) is 11.8 Å². The van der Waals surface area contributed by atoms with E-state index in [9.17, 15) is 0 Å². The summed E-state index contributed by atoms with van der Waals surface area (Å²) in [7, 11) is 8.48. The molecule has 228 valence electrons. The minimum absolute atomic E-state index is 0. The largest absolute Gasteiger partial charge is 0.366 e. The molecule has 3 aromatic carbocycles. The van der Waals surface area contributed by atoms with Gasteiger partial charge in [-0.2, -0.15) is 5.57 Å². The van der Waals surface area contributed by atoms with Crippen molar-refractivity contribution in [1.82, 2.24) is 9.80 Å². The molecule has 0 unspecified atom stereocenters. The molecule has 4 heteroatoms. The van der Waals surface area contributed by atoms with Gasteiger partial charge in [0.25, 0.3) is 0 Å². The molecule has 2 aliphatic carbocycles. The van der Waals surface area contributed by atoms with Crippen LogP contribution in [-0.4, -0.2) is 51.1 Å². The van der Waals surface area contributed by atoms with Crippen LogP contribution in [0.5, 0.6) is 0 Å². The van der Waals surface area contributed by atoms with Crippen LogP contribution in [0.1, 0.15) is 54.5 Å². The molecule has 3 aromatic rings. The summed E-state index contributed by atoms with van der Waals surface area (Å²) in [5.41, 5.74) is 12.5. The van der Waals surface area contributed by atoms with E-state index in [2.05, 4.69) is 123 Å². The van der Waals surface area contributed by atoms with Crippen LogP contribution in [0.25, 0.3) is 16.7 Å². The molecular weight excluding hydrogens is 878 g/mol. The molecule has 0 fully saturated rings. The van der Waals surface area contributed by atoms with Crippen molar-refractivity contribution < 1.29 is 44.8 Å². The second kappa shape index (κ2) is 19.0. The third-order valence-corrected chi connectivity index (χ3v) is 7.27. The number of rotatable bonds is 6. The number of hydrogen-bond acceptors (Lipinski definition) is 2. The molecule has 2 aliphatic rings. The number of fused-ring (bicyclic) bond motifs is 4. The molecule has 0 aromatic heterocycles. The molecule has 0 spiro atoms. The smallest absolute Gasteiger partial charge is 0 e. The summed E-state index contributed by atoms with van der Waals surface area (Å²) in [4.78, 5) is 4.46. The van der Waals surface area contributed by atoms with Gasteiger partial charge in [-0.1, -0.05) is 72.7 Å². The first kappa shape index (κ1) is 37.7. The van der Waals surface area contributed by atoms with Crippen LogP contribution in [-0.2, 0) is 57.6 Å². The van der Waals surface area contributed by atoms with Gasteiger partial charge in [0.2, 0.25) is 0 Å². The van der Waals surface area contributed by atoms with E-state index in [-0.39, 0.29) is 44.8 Å². The number of benzene rings is 3. The Bertz CT molecular complexity index is 1440. The molecule has 0 bridgehead atoms. The van der Waals surface area contributed by atoms with Crippen molar-refractivity contribution >= 4 is 5.57 Å². The van der Waals surface area contributed by atoms with E-state index in [0.717, 1.165) is 24.0 Å². The summed E-state index contributed by atoms with van der Waals surface area (Å²) in [6, 6.07) is 23.1. The van der Waals surface area contributed by atoms with Gasteiger partial charge in [0.05, 0.1) is 0 Å². The fourth-order valence-corrected chi connectivity index (χ4v) is 5.09. The van der Waals surface area contributed by atoms with E-state index in [0.29, 0.717) is 0 Å². The molecule has 0 saturated heterocycles. The Labute approximate surface area is 286 Å². The predicted molar refractivity (Wildman–Crippen MR) is 171 cm³/mol. The quantitative estimate of drug-likeness (QED) is 0.0851. The van der Waals surface area contributed by atoms with E-state index in [4.69, 9.17) is 12.8 Å². The molecular formula is C38H42Au2N2-2. The molecule has 42 heavy (non-hydrogen) atoms. The maximum Gasteiger partial charge on any atom is 0 e. The number of nitrogens with zero attached hydrogens (tertiary/aromatic N) is 2. The summed E-state index contributed by atoms with van der Waals surface area (Å²) in [5, 5.41) is 0. The van der Waals surface area contributed by atoms with Gasteiger partial charge < -0.3 is 22.6 Å². The van der Waals surface area contributed by atoms with Crippen LogP contribution in [0.4, 0.5) is 0 Å². The maximum atomic E-state index is 7.12. The molecule has 0 saturated carbocycles. The Kier molecular flexibility index (Phi) is 17.1. The fourth-order valence-electron chi connectivity index (χ4n) is 5.09. The zero-order valence-electron chi connectivity index (χ0n) is 25.7. The van der Waals surface area contributed by atoms with Gasteiger partial charge in [0.15, 0.2) is 0 Å². The van der Waals surface area contributed by atoms with Crippen LogP contribution >= 0.6 is 0 Å². The van der Waals surface area contributed by atoms with Crippen LogP contribution < -0.4 is 0 Å². The third-order valence-electron chi connectivity index (χ3n) is 7.27. The van der Waals surface area contributed by atoms with E-state index in [1.807, 2.05) is 13.0 Å². The van der Waals surface area contributed by atoms with Gasteiger partial charge in [0, 0.05) is 44.8 Å². The predicted octanol–water partition coefficient (Wildman–Crippen LogP) is 7.63. The Morgan fingerprint density at radius 2 is 1.26 bits per heavy atom. The second-order valence-corrected chi connectivity index (χ2v) is 11.1. The van der Waals surface area contributed by atoms with E-state index in [1.165, 1.54) is 70.5 Å². The normalized spacial score (nSPS) is 12.3. The fraction of sp³-hybridized carbons (Fsp3) is 0.316. The Balaban J connectivity index is 0.000000316. The SMILES string of the molecule is CN(C)CCCCN(C)C.[Au].[Au].[C-]#C/C(C)=C/C1=C(C)c2ccccc2C1.[C-]#Cc1ccc2c(c1)Cc1ccccc1-2. The van der Waals surface area contributed by atoms with E-state index in [1.54, 1.807) is 0 Å². The zero-order valence-corrected chi connectivity index (χ0v) is 30.0. The van der Waals surface area contributed by atoms with E-state index < -0.39 is 0 Å². The minimum atomic E-state index is 0. The number of hydrogen-bond donors (Lipinski definition) is 0. The molecule has 0 atom stereocenters. The van der Waals surface area contributed by atoms with Gasteiger partial charge in [-0.05, 0) is 107 Å². The molecule has 0 heterocycles. The maximum absolute atomic E-state index is 7.12. The van der Waals surface area contributed by atoms with Crippen molar-refractivity contribution in [2.45, 2.75) is 39.5 Å². The first-order chi connectivity index (χ1) is 19.2.